The summed E-state index contributed by atoms with van der Waals surface area (Å²) in [6.07, 6.45) is 5.07. The molecule has 7 heteroatoms. The zero-order valence-electron chi connectivity index (χ0n) is 16.4. The smallest absolute Gasteiger partial charge is 0.266 e. The Morgan fingerprint density at radius 1 is 1.29 bits per heavy atom. The van der Waals surface area contributed by atoms with E-state index in [-0.39, 0.29) is 5.91 Å². The monoisotopic (exact) mass is 403 g/mol. The maximum absolute atomic E-state index is 13.1. The van der Waals surface area contributed by atoms with E-state index in [0.717, 1.165) is 44.5 Å². The molecule has 4 rings (SSSR count). The number of hydrogen-bond donors (Lipinski definition) is 0. The number of benzene rings is 1. The van der Waals surface area contributed by atoms with Crippen LogP contribution in [0.25, 0.3) is 0 Å². The highest BCUT2D eigenvalue weighted by Crippen LogP contribution is 2.38. The summed E-state index contributed by atoms with van der Waals surface area (Å²) >= 11 is 5.92. The van der Waals surface area contributed by atoms with Crippen molar-refractivity contribution in [3.63, 3.8) is 0 Å². The first kappa shape index (κ1) is 19.2. The minimum atomic E-state index is -0.945. The van der Waals surface area contributed by atoms with Gasteiger partial charge in [-0.3, -0.25) is 4.79 Å². The molecular formula is C21H26ClN3O3. The Hall–Kier alpha value is -2.08. The second kappa shape index (κ2) is 7.74. The van der Waals surface area contributed by atoms with Gasteiger partial charge in [-0.25, -0.2) is 0 Å². The number of aromatic nitrogens is 2. The van der Waals surface area contributed by atoms with Crippen LogP contribution in [-0.4, -0.2) is 39.6 Å². The van der Waals surface area contributed by atoms with Gasteiger partial charge in [0.15, 0.2) is 11.4 Å². The second-order valence-corrected chi connectivity index (χ2v) is 8.79. The fourth-order valence-corrected chi connectivity index (χ4v) is 3.87. The van der Waals surface area contributed by atoms with Crippen LogP contribution in [-0.2, 0) is 11.2 Å². The van der Waals surface area contributed by atoms with Gasteiger partial charge in [-0.15, -0.1) is 0 Å². The first-order valence-corrected chi connectivity index (χ1v) is 10.3. The molecule has 1 aliphatic carbocycles. The number of likely N-dealkylation sites (tertiary alicyclic amines) is 1. The predicted octanol–water partition coefficient (Wildman–Crippen LogP) is 4.24. The summed E-state index contributed by atoms with van der Waals surface area (Å²) < 4.78 is 11.4. The molecule has 1 saturated heterocycles. The minimum Gasteiger partial charge on any atom is -0.478 e. The van der Waals surface area contributed by atoms with E-state index in [9.17, 15) is 4.79 Å². The normalized spacial score (nSPS) is 20.2. The van der Waals surface area contributed by atoms with Gasteiger partial charge in [0.05, 0.1) is 0 Å². The number of piperidine rings is 1. The molecule has 0 bridgehead atoms. The average molecular weight is 404 g/mol. The third-order valence-electron chi connectivity index (χ3n) is 5.40. The topological polar surface area (TPSA) is 68.5 Å². The largest absolute Gasteiger partial charge is 0.478 e. The van der Waals surface area contributed by atoms with E-state index in [2.05, 4.69) is 10.1 Å². The van der Waals surface area contributed by atoms with Crippen LogP contribution in [0.5, 0.6) is 5.75 Å². The maximum Gasteiger partial charge on any atom is 0.266 e. The van der Waals surface area contributed by atoms with Crippen LogP contribution >= 0.6 is 11.6 Å². The number of halogens is 1. The molecule has 28 heavy (non-hydrogen) atoms. The molecule has 1 aliphatic heterocycles. The molecule has 1 atom stereocenters. The van der Waals surface area contributed by atoms with E-state index in [1.165, 1.54) is 0 Å². The first-order valence-electron chi connectivity index (χ1n) is 9.97. The van der Waals surface area contributed by atoms with Gasteiger partial charge in [0.25, 0.3) is 5.91 Å². The van der Waals surface area contributed by atoms with E-state index in [0.29, 0.717) is 35.0 Å². The fourth-order valence-electron chi connectivity index (χ4n) is 3.74. The van der Waals surface area contributed by atoms with E-state index in [1.54, 1.807) is 24.3 Å². The van der Waals surface area contributed by atoms with Crippen LogP contribution in [0, 0.1) is 5.92 Å². The third-order valence-corrected chi connectivity index (χ3v) is 5.65. The summed E-state index contributed by atoms with van der Waals surface area (Å²) in [7, 11) is 0. The van der Waals surface area contributed by atoms with Crippen LogP contribution in [0.2, 0.25) is 5.02 Å². The number of amides is 1. The molecule has 1 aromatic heterocycles. The van der Waals surface area contributed by atoms with Crippen LogP contribution in [0.4, 0.5) is 0 Å². The standard InChI is InChI=1S/C21H26ClN3O3/c1-21(2,27-17-9-7-16(22)8-10-17)20(26)25-11-3-4-14(13-25)12-18-23-19(24-28-18)15-5-6-15/h7-10,14-15H,3-6,11-13H2,1-2H3/t14-/m1/s1. The second-order valence-electron chi connectivity index (χ2n) is 8.35. The first-order chi connectivity index (χ1) is 13.4. The molecule has 1 amide bonds. The molecule has 1 saturated carbocycles. The van der Waals surface area contributed by atoms with E-state index >= 15 is 0 Å². The van der Waals surface area contributed by atoms with Crippen molar-refractivity contribution in [1.29, 1.82) is 0 Å². The SMILES string of the molecule is CC(C)(Oc1ccc(Cl)cc1)C(=O)N1CCC[C@H](Cc2nc(C3CC3)no2)C1. The molecule has 0 unspecified atom stereocenters. The molecule has 0 radical (unpaired) electrons. The molecule has 150 valence electrons. The van der Waals surface area contributed by atoms with Crippen molar-refractivity contribution >= 4 is 17.5 Å². The average Bonchev–Trinajstić information content (AvgIpc) is 3.43. The van der Waals surface area contributed by atoms with Gasteiger partial charge in [-0.05, 0) is 69.7 Å². The lowest BCUT2D eigenvalue weighted by Gasteiger charge is -2.37. The lowest BCUT2D eigenvalue weighted by atomic mass is 9.93. The van der Waals surface area contributed by atoms with Gasteiger partial charge < -0.3 is 14.2 Å². The minimum absolute atomic E-state index is 0.00338. The van der Waals surface area contributed by atoms with Gasteiger partial charge in [0.1, 0.15) is 5.75 Å². The Balaban J connectivity index is 1.36. The highest BCUT2D eigenvalue weighted by molar-refractivity contribution is 6.30. The summed E-state index contributed by atoms with van der Waals surface area (Å²) in [5.74, 6) is 2.99. The summed E-state index contributed by atoms with van der Waals surface area (Å²) in [6.45, 7) is 5.06. The van der Waals surface area contributed by atoms with Crippen molar-refractivity contribution in [1.82, 2.24) is 15.0 Å². The third kappa shape index (κ3) is 4.49. The Labute approximate surface area is 170 Å². The van der Waals surface area contributed by atoms with Crippen LogP contribution < -0.4 is 4.74 Å². The molecule has 2 aromatic rings. The maximum atomic E-state index is 13.1. The van der Waals surface area contributed by atoms with Crippen molar-refractivity contribution in [3.8, 4) is 5.75 Å². The highest BCUT2D eigenvalue weighted by Gasteiger charge is 2.37. The van der Waals surface area contributed by atoms with Gasteiger partial charge in [-0.2, -0.15) is 4.98 Å². The molecule has 2 heterocycles. The zero-order chi connectivity index (χ0) is 19.7. The molecule has 1 aromatic carbocycles. The lowest BCUT2D eigenvalue weighted by molar-refractivity contribution is -0.147. The summed E-state index contributed by atoms with van der Waals surface area (Å²) in [5.41, 5.74) is -0.945. The van der Waals surface area contributed by atoms with Crippen molar-refractivity contribution in [2.24, 2.45) is 5.92 Å². The Morgan fingerprint density at radius 2 is 2.04 bits per heavy atom. The van der Waals surface area contributed by atoms with Crippen molar-refractivity contribution in [3.05, 3.63) is 41.0 Å². The fraction of sp³-hybridized carbons (Fsp3) is 0.571. The molecule has 6 nitrogen and oxygen atoms in total. The summed E-state index contributed by atoms with van der Waals surface area (Å²) in [5, 5.41) is 4.73. The van der Waals surface area contributed by atoms with E-state index in [1.807, 2.05) is 18.7 Å². The van der Waals surface area contributed by atoms with E-state index < -0.39 is 5.60 Å². The molecule has 0 spiro atoms. The Kier molecular flexibility index (Phi) is 5.32. The predicted molar refractivity (Wildman–Crippen MR) is 105 cm³/mol. The van der Waals surface area contributed by atoms with Crippen molar-refractivity contribution < 1.29 is 14.1 Å². The van der Waals surface area contributed by atoms with Gasteiger partial charge in [0.2, 0.25) is 5.89 Å². The number of carbonyl (C=O) groups excluding carboxylic acids is 1. The van der Waals surface area contributed by atoms with Crippen LogP contribution in [0.15, 0.2) is 28.8 Å². The summed E-state index contributed by atoms with van der Waals surface area (Å²) in [6, 6.07) is 7.08. The highest BCUT2D eigenvalue weighted by atomic mass is 35.5. The number of hydrogen-bond acceptors (Lipinski definition) is 5. The zero-order valence-corrected chi connectivity index (χ0v) is 17.1. The number of carbonyl (C=O) groups is 1. The number of rotatable bonds is 6. The van der Waals surface area contributed by atoms with Crippen molar-refractivity contribution in [2.75, 3.05) is 13.1 Å². The van der Waals surface area contributed by atoms with Crippen molar-refractivity contribution in [2.45, 2.75) is 57.5 Å². The summed E-state index contributed by atoms with van der Waals surface area (Å²) in [4.78, 5) is 19.6. The van der Waals surface area contributed by atoms with Gasteiger partial charge >= 0.3 is 0 Å². The Bertz CT molecular complexity index is 830. The number of ether oxygens (including phenoxy) is 1. The Morgan fingerprint density at radius 3 is 2.75 bits per heavy atom. The van der Waals surface area contributed by atoms with Gasteiger partial charge in [0, 0.05) is 30.5 Å². The molecule has 2 fully saturated rings. The molecule has 2 aliphatic rings. The van der Waals surface area contributed by atoms with Crippen LogP contribution in [0.3, 0.4) is 0 Å². The molecular weight excluding hydrogens is 378 g/mol. The van der Waals surface area contributed by atoms with E-state index in [4.69, 9.17) is 20.9 Å². The molecule has 0 N–H and O–H groups in total. The van der Waals surface area contributed by atoms with Crippen LogP contribution in [0.1, 0.15) is 57.2 Å². The lowest BCUT2D eigenvalue weighted by Crippen LogP contribution is -2.52. The quantitative estimate of drug-likeness (QED) is 0.721. The number of nitrogens with zero attached hydrogens (tertiary/aromatic N) is 3. The van der Waals surface area contributed by atoms with Gasteiger partial charge in [-0.1, -0.05) is 16.8 Å².